The Kier molecular flexibility index (Phi) is 8.35. The van der Waals surface area contributed by atoms with Crippen LogP contribution in [0.4, 0.5) is 10.2 Å². The summed E-state index contributed by atoms with van der Waals surface area (Å²) in [7, 11) is 0. The van der Waals surface area contributed by atoms with Crippen molar-refractivity contribution >= 4 is 17.5 Å². The number of hydrogen-bond donors (Lipinski definition) is 2. The number of ether oxygens (including phenoxy) is 1. The molecule has 3 rings (SSSR count). The fourth-order valence-corrected chi connectivity index (χ4v) is 3.40. The third-order valence-electron chi connectivity index (χ3n) is 5.16. The molecule has 0 bridgehead atoms. The number of benzene rings is 2. The highest BCUT2D eigenvalue weighted by Gasteiger charge is 2.16. The largest absolute Gasteiger partial charge is 0.494 e. The highest BCUT2D eigenvalue weighted by atomic mass is 19.1. The van der Waals surface area contributed by atoms with E-state index < -0.39 is 0 Å². The first kappa shape index (κ1) is 24.5. The van der Waals surface area contributed by atoms with Crippen LogP contribution in [-0.4, -0.2) is 34.6 Å². The van der Waals surface area contributed by atoms with Gasteiger partial charge in [-0.05, 0) is 68.3 Å². The van der Waals surface area contributed by atoms with Crippen molar-refractivity contribution in [1.82, 2.24) is 15.1 Å². The van der Waals surface area contributed by atoms with Crippen LogP contribution in [0.25, 0.3) is 5.69 Å². The van der Waals surface area contributed by atoms with Crippen LogP contribution in [0.2, 0.25) is 0 Å². The second kappa shape index (κ2) is 11.6. The normalized spacial score (nSPS) is 10.5. The van der Waals surface area contributed by atoms with E-state index >= 15 is 0 Å². The molecule has 1 heterocycles. The first-order valence-corrected chi connectivity index (χ1v) is 11.0. The maximum absolute atomic E-state index is 13.2. The van der Waals surface area contributed by atoms with Crippen molar-refractivity contribution in [3.05, 3.63) is 71.2 Å². The molecule has 0 spiro atoms. The summed E-state index contributed by atoms with van der Waals surface area (Å²) in [6.45, 7) is 2.80. The van der Waals surface area contributed by atoms with Crippen LogP contribution < -0.4 is 15.8 Å². The number of aromatic nitrogens is 2. The lowest BCUT2D eigenvalue weighted by molar-refractivity contribution is -0.121. The molecule has 1 aromatic heterocycles. The van der Waals surface area contributed by atoms with Gasteiger partial charge in [-0.25, -0.2) is 9.07 Å². The second-order valence-electron chi connectivity index (χ2n) is 7.54. The van der Waals surface area contributed by atoms with Crippen LogP contribution in [0.15, 0.2) is 48.5 Å². The van der Waals surface area contributed by atoms with Crippen molar-refractivity contribution in [1.29, 1.82) is 5.26 Å². The number of Topliss-reactive ketones (excluding diaryl/α,β-unsaturated/α-hetero) is 1. The summed E-state index contributed by atoms with van der Waals surface area (Å²) in [6, 6.07) is 14.5. The van der Waals surface area contributed by atoms with Crippen molar-refractivity contribution in [3.8, 4) is 17.5 Å². The zero-order chi connectivity index (χ0) is 24.5. The van der Waals surface area contributed by atoms with E-state index in [-0.39, 0.29) is 41.7 Å². The molecule has 34 heavy (non-hydrogen) atoms. The van der Waals surface area contributed by atoms with Crippen molar-refractivity contribution in [2.75, 3.05) is 18.9 Å². The number of anilines is 1. The Labute approximate surface area is 197 Å². The number of carbonyl (C=O) groups excluding carboxylic acids is 2. The van der Waals surface area contributed by atoms with Gasteiger partial charge < -0.3 is 15.8 Å². The average Bonchev–Trinajstić information content (AvgIpc) is 3.16. The van der Waals surface area contributed by atoms with Gasteiger partial charge >= 0.3 is 0 Å². The summed E-state index contributed by atoms with van der Waals surface area (Å²) in [4.78, 5) is 24.4. The number of ketones is 1. The number of rotatable bonds is 11. The highest BCUT2D eigenvalue weighted by Crippen LogP contribution is 2.21. The molecule has 9 heteroatoms. The smallest absolute Gasteiger partial charge is 0.220 e. The summed E-state index contributed by atoms with van der Waals surface area (Å²) < 4.78 is 19.9. The number of nitrogens with one attached hydrogen (secondary N) is 1. The third-order valence-corrected chi connectivity index (χ3v) is 5.16. The maximum Gasteiger partial charge on any atom is 0.220 e. The highest BCUT2D eigenvalue weighted by molar-refractivity contribution is 5.98. The van der Waals surface area contributed by atoms with Gasteiger partial charge in [0.1, 0.15) is 29.0 Å². The van der Waals surface area contributed by atoms with Crippen molar-refractivity contribution < 1.29 is 18.7 Å². The van der Waals surface area contributed by atoms with Crippen LogP contribution in [-0.2, 0) is 11.2 Å². The first-order chi connectivity index (χ1) is 16.4. The van der Waals surface area contributed by atoms with Gasteiger partial charge in [0.05, 0.1) is 18.0 Å². The van der Waals surface area contributed by atoms with Crippen molar-refractivity contribution in [2.24, 2.45) is 0 Å². The molecule has 2 aromatic carbocycles. The number of amides is 1. The molecule has 8 nitrogen and oxygen atoms in total. The Morgan fingerprint density at radius 3 is 2.50 bits per heavy atom. The lowest BCUT2D eigenvalue weighted by Gasteiger charge is -2.06. The molecule has 0 saturated carbocycles. The number of hydrogen-bond acceptors (Lipinski definition) is 6. The van der Waals surface area contributed by atoms with E-state index in [9.17, 15) is 19.2 Å². The van der Waals surface area contributed by atoms with Gasteiger partial charge in [-0.3, -0.25) is 9.59 Å². The lowest BCUT2D eigenvalue weighted by atomic mass is 10.1. The third kappa shape index (κ3) is 6.19. The van der Waals surface area contributed by atoms with E-state index in [1.54, 1.807) is 24.3 Å². The van der Waals surface area contributed by atoms with Gasteiger partial charge in [-0.15, -0.1) is 0 Å². The van der Waals surface area contributed by atoms with Gasteiger partial charge in [0.25, 0.3) is 0 Å². The molecule has 0 aliphatic heterocycles. The van der Waals surface area contributed by atoms with E-state index in [0.717, 1.165) is 0 Å². The Balaban J connectivity index is 1.46. The van der Waals surface area contributed by atoms with Crippen LogP contribution in [0.3, 0.4) is 0 Å². The molecule has 176 valence electrons. The number of nitrogens with two attached hydrogens (primary N) is 1. The monoisotopic (exact) mass is 463 g/mol. The molecule has 0 aliphatic carbocycles. The minimum Gasteiger partial charge on any atom is -0.494 e. The molecule has 3 N–H and O–H groups in total. The number of nitriles is 1. The molecular formula is C25H26FN5O3. The van der Waals surface area contributed by atoms with Crippen LogP contribution in [0, 0.1) is 17.1 Å². The Bertz CT molecular complexity index is 1180. The molecule has 0 saturated heterocycles. The van der Waals surface area contributed by atoms with E-state index in [0.29, 0.717) is 48.7 Å². The minimum absolute atomic E-state index is 0.0850. The number of nitrogen functional groups attached to an aromatic ring is 1. The van der Waals surface area contributed by atoms with E-state index in [4.69, 9.17) is 10.5 Å². The number of carbonyl (C=O) groups is 2. The van der Waals surface area contributed by atoms with Gasteiger partial charge in [0, 0.05) is 24.9 Å². The zero-order valence-electron chi connectivity index (χ0n) is 18.9. The fraction of sp³-hybridized carbons (Fsp3) is 0.280. The Morgan fingerprint density at radius 2 is 1.85 bits per heavy atom. The summed E-state index contributed by atoms with van der Waals surface area (Å²) in [5, 5.41) is 16.6. The predicted octanol–water partition coefficient (Wildman–Crippen LogP) is 3.58. The minimum atomic E-state index is -0.382. The first-order valence-electron chi connectivity index (χ1n) is 11.0. The molecule has 0 unspecified atom stereocenters. The van der Waals surface area contributed by atoms with Crippen LogP contribution in [0.5, 0.6) is 5.75 Å². The van der Waals surface area contributed by atoms with Crippen molar-refractivity contribution in [2.45, 2.75) is 32.6 Å². The SMILES string of the molecule is CCOc1ccc(C(=O)CCC(=O)NCCCc2nn(-c3ccc(F)cc3)c(N)c2C#N)cc1. The molecule has 3 aromatic rings. The zero-order valence-corrected chi connectivity index (χ0v) is 18.9. The Morgan fingerprint density at radius 1 is 1.15 bits per heavy atom. The van der Waals surface area contributed by atoms with Gasteiger partial charge in [-0.2, -0.15) is 10.4 Å². The quantitative estimate of drug-likeness (QED) is 0.331. The number of aryl methyl sites for hydroxylation is 1. The molecule has 0 radical (unpaired) electrons. The fourth-order valence-electron chi connectivity index (χ4n) is 3.40. The average molecular weight is 464 g/mol. The molecule has 0 fully saturated rings. The van der Waals surface area contributed by atoms with Crippen LogP contribution in [0.1, 0.15) is 47.8 Å². The van der Waals surface area contributed by atoms with Crippen molar-refractivity contribution in [3.63, 3.8) is 0 Å². The lowest BCUT2D eigenvalue weighted by Crippen LogP contribution is -2.25. The summed E-state index contributed by atoms with van der Waals surface area (Å²) in [5.41, 5.74) is 7.90. The van der Waals surface area contributed by atoms with Gasteiger partial charge in [0.2, 0.25) is 5.91 Å². The predicted molar refractivity (Wildman–Crippen MR) is 125 cm³/mol. The van der Waals surface area contributed by atoms with E-state index in [1.165, 1.54) is 28.9 Å². The summed E-state index contributed by atoms with van der Waals surface area (Å²) in [5.74, 6) is 0.156. The standard InChI is InChI=1S/C25H26FN5O3/c1-2-34-20-11-5-17(6-12-20)23(32)13-14-24(33)29-15-3-4-22-21(16-27)25(28)31(30-22)19-9-7-18(26)8-10-19/h5-12H,2-4,13-15,28H2,1H3,(H,29,33). The van der Waals surface area contributed by atoms with E-state index in [1.807, 2.05) is 6.92 Å². The van der Waals surface area contributed by atoms with Crippen LogP contribution >= 0.6 is 0 Å². The van der Waals surface area contributed by atoms with Gasteiger partial charge in [0.15, 0.2) is 5.78 Å². The maximum atomic E-state index is 13.2. The second-order valence-corrected chi connectivity index (χ2v) is 7.54. The van der Waals surface area contributed by atoms with E-state index in [2.05, 4.69) is 16.5 Å². The molecule has 0 aliphatic rings. The molecular weight excluding hydrogens is 437 g/mol. The number of nitrogens with zero attached hydrogens (tertiary/aromatic N) is 3. The summed E-state index contributed by atoms with van der Waals surface area (Å²) >= 11 is 0. The Hall–Kier alpha value is -4.19. The van der Waals surface area contributed by atoms with Gasteiger partial charge in [-0.1, -0.05) is 0 Å². The summed E-state index contributed by atoms with van der Waals surface area (Å²) in [6.07, 6.45) is 1.15. The topological polar surface area (TPSA) is 123 Å². The molecule has 1 amide bonds. The molecule has 0 atom stereocenters. The number of halogens is 1.